The van der Waals surface area contributed by atoms with Gasteiger partial charge in [0.2, 0.25) is 0 Å². The van der Waals surface area contributed by atoms with Gasteiger partial charge in [-0.2, -0.15) is 5.10 Å². The molecule has 0 spiro atoms. The van der Waals surface area contributed by atoms with Crippen LogP contribution in [0.25, 0.3) is 5.69 Å². The molecular weight excluding hydrogens is 318 g/mol. The van der Waals surface area contributed by atoms with Crippen molar-refractivity contribution in [1.29, 1.82) is 0 Å². The molecule has 0 fully saturated rings. The van der Waals surface area contributed by atoms with Crippen LogP contribution in [0.2, 0.25) is 0 Å². The molecular formula is C18H27N5O2. The van der Waals surface area contributed by atoms with Gasteiger partial charge in [-0.05, 0) is 44.2 Å². The Morgan fingerprint density at radius 2 is 1.96 bits per heavy atom. The maximum Gasteiger partial charge on any atom is 0.191 e. The van der Waals surface area contributed by atoms with Gasteiger partial charge in [-0.3, -0.25) is 0 Å². The standard InChI is InChI=1S/C18H27N5O2/c1-4-19-18(20-11-13-25-5-2)21-14-15-10-12-23(22-15)16-6-8-17(24-3)9-7-16/h6-10,12H,4-5,11,13-14H2,1-3H3,(H2,19,20,21). The van der Waals surface area contributed by atoms with Crippen molar-refractivity contribution in [3.8, 4) is 11.4 Å². The summed E-state index contributed by atoms with van der Waals surface area (Å²) < 4.78 is 12.3. The maximum atomic E-state index is 5.32. The fraction of sp³-hybridized carbons (Fsp3) is 0.444. The van der Waals surface area contributed by atoms with Gasteiger partial charge >= 0.3 is 0 Å². The van der Waals surface area contributed by atoms with Gasteiger partial charge in [0.25, 0.3) is 0 Å². The molecule has 0 saturated carbocycles. The molecule has 0 bridgehead atoms. The zero-order valence-corrected chi connectivity index (χ0v) is 15.2. The number of hydrogen-bond acceptors (Lipinski definition) is 4. The Morgan fingerprint density at radius 1 is 1.16 bits per heavy atom. The number of methoxy groups -OCH3 is 1. The van der Waals surface area contributed by atoms with Crippen molar-refractivity contribution in [2.75, 3.05) is 33.4 Å². The molecule has 25 heavy (non-hydrogen) atoms. The average Bonchev–Trinajstić information content (AvgIpc) is 3.12. The lowest BCUT2D eigenvalue weighted by atomic mass is 10.3. The van der Waals surface area contributed by atoms with Crippen molar-refractivity contribution in [3.05, 3.63) is 42.2 Å². The molecule has 0 amide bonds. The molecule has 2 N–H and O–H groups in total. The van der Waals surface area contributed by atoms with Crippen LogP contribution in [0.3, 0.4) is 0 Å². The summed E-state index contributed by atoms with van der Waals surface area (Å²) in [6.07, 6.45) is 1.93. The summed E-state index contributed by atoms with van der Waals surface area (Å²) in [5.41, 5.74) is 1.88. The number of rotatable bonds is 9. The summed E-state index contributed by atoms with van der Waals surface area (Å²) in [6, 6.07) is 9.74. The minimum Gasteiger partial charge on any atom is -0.497 e. The molecule has 0 unspecified atom stereocenters. The Labute approximate surface area is 149 Å². The minimum atomic E-state index is 0.507. The Kier molecular flexibility index (Phi) is 7.78. The second-order valence-electron chi connectivity index (χ2n) is 5.27. The number of aliphatic imine (C=N–C) groups is 1. The van der Waals surface area contributed by atoms with Crippen LogP contribution in [0, 0.1) is 0 Å². The third kappa shape index (κ3) is 6.11. The lowest BCUT2D eigenvalue weighted by Crippen LogP contribution is -2.39. The minimum absolute atomic E-state index is 0.507. The summed E-state index contributed by atoms with van der Waals surface area (Å²) in [5, 5.41) is 11.0. The van der Waals surface area contributed by atoms with Crippen LogP contribution in [0.15, 0.2) is 41.5 Å². The molecule has 0 aliphatic rings. The van der Waals surface area contributed by atoms with Crippen LogP contribution in [-0.4, -0.2) is 49.2 Å². The smallest absolute Gasteiger partial charge is 0.191 e. The third-order valence-corrected chi connectivity index (χ3v) is 3.47. The molecule has 7 heteroatoms. The lowest BCUT2D eigenvalue weighted by molar-refractivity contribution is 0.152. The summed E-state index contributed by atoms with van der Waals surface area (Å²) in [5.74, 6) is 1.59. The Morgan fingerprint density at radius 3 is 2.64 bits per heavy atom. The van der Waals surface area contributed by atoms with Crippen molar-refractivity contribution in [2.24, 2.45) is 4.99 Å². The molecule has 0 aliphatic carbocycles. The highest BCUT2D eigenvalue weighted by Gasteiger charge is 2.03. The highest BCUT2D eigenvalue weighted by molar-refractivity contribution is 5.79. The van der Waals surface area contributed by atoms with Crippen molar-refractivity contribution in [3.63, 3.8) is 0 Å². The number of benzene rings is 1. The van der Waals surface area contributed by atoms with E-state index in [0.29, 0.717) is 13.2 Å². The van der Waals surface area contributed by atoms with Gasteiger partial charge in [0, 0.05) is 25.9 Å². The van der Waals surface area contributed by atoms with E-state index in [2.05, 4.69) is 20.7 Å². The molecule has 0 aliphatic heterocycles. The quantitative estimate of drug-likeness (QED) is 0.413. The fourth-order valence-corrected chi connectivity index (χ4v) is 2.21. The van der Waals surface area contributed by atoms with Gasteiger partial charge < -0.3 is 20.1 Å². The van der Waals surface area contributed by atoms with Gasteiger partial charge in [0.1, 0.15) is 5.75 Å². The van der Waals surface area contributed by atoms with Gasteiger partial charge in [-0.15, -0.1) is 0 Å². The third-order valence-electron chi connectivity index (χ3n) is 3.47. The SMILES string of the molecule is CCNC(=NCc1ccn(-c2ccc(OC)cc2)n1)NCCOCC. The van der Waals surface area contributed by atoms with E-state index < -0.39 is 0 Å². The first-order valence-electron chi connectivity index (χ1n) is 8.55. The highest BCUT2D eigenvalue weighted by atomic mass is 16.5. The number of nitrogens with one attached hydrogen (secondary N) is 2. The van der Waals surface area contributed by atoms with Gasteiger partial charge in [0.05, 0.1) is 31.6 Å². The number of hydrogen-bond donors (Lipinski definition) is 2. The molecule has 0 saturated heterocycles. The van der Waals surface area contributed by atoms with Crippen molar-refractivity contribution in [1.82, 2.24) is 20.4 Å². The molecule has 1 aromatic heterocycles. The molecule has 1 heterocycles. The van der Waals surface area contributed by atoms with E-state index in [9.17, 15) is 0 Å². The molecule has 7 nitrogen and oxygen atoms in total. The zero-order chi connectivity index (χ0) is 17.9. The fourth-order valence-electron chi connectivity index (χ4n) is 2.21. The Hall–Kier alpha value is -2.54. The molecule has 0 radical (unpaired) electrons. The monoisotopic (exact) mass is 345 g/mol. The second-order valence-corrected chi connectivity index (χ2v) is 5.27. The number of aromatic nitrogens is 2. The van der Waals surface area contributed by atoms with E-state index >= 15 is 0 Å². The van der Waals surface area contributed by atoms with Crippen molar-refractivity contribution in [2.45, 2.75) is 20.4 Å². The summed E-state index contributed by atoms with van der Waals surface area (Å²) in [6.45, 7) is 7.44. The normalized spacial score (nSPS) is 11.4. The average molecular weight is 345 g/mol. The predicted octanol–water partition coefficient (Wildman–Crippen LogP) is 1.97. The van der Waals surface area contributed by atoms with Gasteiger partial charge in [-0.1, -0.05) is 0 Å². The Balaban J connectivity index is 1.95. The first-order chi connectivity index (χ1) is 12.3. The molecule has 136 valence electrons. The van der Waals surface area contributed by atoms with E-state index in [4.69, 9.17) is 9.47 Å². The first-order valence-corrected chi connectivity index (χ1v) is 8.55. The van der Waals surface area contributed by atoms with Gasteiger partial charge in [-0.25, -0.2) is 9.67 Å². The van der Waals surface area contributed by atoms with Crippen LogP contribution >= 0.6 is 0 Å². The Bertz CT molecular complexity index is 652. The molecule has 0 atom stereocenters. The van der Waals surface area contributed by atoms with Crippen LogP contribution in [0.1, 0.15) is 19.5 Å². The molecule has 2 rings (SSSR count). The largest absolute Gasteiger partial charge is 0.497 e. The van der Waals surface area contributed by atoms with E-state index in [1.165, 1.54) is 0 Å². The molecule has 2 aromatic rings. The number of guanidine groups is 1. The van der Waals surface area contributed by atoms with Crippen LogP contribution in [0.4, 0.5) is 0 Å². The molecule has 1 aromatic carbocycles. The summed E-state index contributed by atoms with van der Waals surface area (Å²) in [4.78, 5) is 4.56. The lowest BCUT2D eigenvalue weighted by Gasteiger charge is -2.10. The summed E-state index contributed by atoms with van der Waals surface area (Å²) in [7, 11) is 1.66. The highest BCUT2D eigenvalue weighted by Crippen LogP contribution is 2.14. The van der Waals surface area contributed by atoms with Crippen molar-refractivity contribution >= 4 is 5.96 Å². The van der Waals surface area contributed by atoms with Crippen molar-refractivity contribution < 1.29 is 9.47 Å². The predicted molar refractivity (Wildman–Crippen MR) is 99.4 cm³/mol. The van der Waals surface area contributed by atoms with Gasteiger partial charge in [0.15, 0.2) is 5.96 Å². The summed E-state index contributed by atoms with van der Waals surface area (Å²) >= 11 is 0. The van der Waals surface area contributed by atoms with Crippen LogP contribution < -0.4 is 15.4 Å². The number of nitrogens with zero attached hydrogens (tertiary/aromatic N) is 3. The maximum absolute atomic E-state index is 5.32. The van der Waals surface area contributed by atoms with E-state index in [1.54, 1.807) is 7.11 Å². The van der Waals surface area contributed by atoms with E-state index in [0.717, 1.165) is 42.8 Å². The second kappa shape index (κ2) is 10.4. The van der Waals surface area contributed by atoms with E-state index in [1.807, 2.05) is 55.1 Å². The number of ether oxygens (including phenoxy) is 2. The zero-order valence-electron chi connectivity index (χ0n) is 15.2. The topological polar surface area (TPSA) is 72.7 Å². The van der Waals surface area contributed by atoms with Crippen LogP contribution in [0.5, 0.6) is 5.75 Å². The first kappa shape index (κ1) is 18.8. The van der Waals surface area contributed by atoms with Crippen LogP contribution in [-0.2, 0) is 11.3 Å². The van der Waals surface area contributed by atoms with E-state index in [-0.39, 0.29) is 0 Å².